The zero-order valence-electron chi connectivity index (χ0n) is 8.29. The van der Waals surface area contributed by atoms with Crippen molar-refractivity contribution in [3.05, 3.63) is 40.4 Å². The fourth-order valence-electron chi connectivity index (χ4n) is 1.75. The van der Waals surface area contributed by atoms with Crippen molar-refractivity contribution < 1.29 is 4.79 Å². The molecule has 1 aliphatic carbocycles. The first kappa shape index (κ1) is 10.2. The quantitative estimate of drug-likeness (QED) is 0.616. The Labute approximate surface area is 93.7 Å². The summed E-state index contributed by atoms with van der Waals surface area (Å²) < 4.78 is 0. The molecule has 0 saturated carbocycles. The number of benzene rings is 1. The Balaban J connectivity index is 2.29. The second-order valence-electron chi connectivity index (χ2n) is 3.69. The highest BCUT2D eigenvalue weighted by Gasteiger charge is 2.15. The summed E-state index contributed by atoms with van der Waals surface area (Å²) in [6.45, 7) is 0. The van der Waals surface area contributed by atoms with E-state index in [2.05, 4.69) is 0 Å². The van der Waals surface area contributed by atoms with Gasteiger partial charge in [0.2, 0.25) is 0 Å². The molecule has 0 heterocycles. The van der Waals surface area contributed by atoms with E-state index in [1.165, 1.54) is 0 Å². The van der Waals surface area contributed by atoms with Crippen molar-refractivity contribution in [1.29, 1.82) is 0 Å². The first-order valence-electron chi connectivity index (χ1n) is 4.97. The average Bonchev–Trinajstić information content (AvgIpc) is 2.74. The summed E-state index contributed by atoms with van der Waals surface area (Å²) >= 11 is 5.79. The van der Waals surface area contributed by atoms with E-state index < -0.39 is 0 Å². The third-order valence-electron chi connectivity index (χ3n) is 2.59. The van der Waals surface area contributed by atoms with Gasteiger partial charge < -0.3 is 5.73 Å². The number of Topliss-reactive ketones (excluding diaryl/α,β-unsaturated/α-hetero) is 1. The molecule has 3 heteroatoms. The maximum Gasteiger partial charge on any atom is 0.188 e. The molecule has 1 aromatic carbocycles. The normalized spacial score (nSPS) is 15.1. The van der Waals surface area contributed by atoms with Crippen molar-refractivity contribution in [1.82, 2.24) is 0 Å². The molecule has 0 radical (unpaired) electrons. The van der Waals surface area contributed by atoms with Gasteiger partial charge >= 0.3 is 0 Å². The number of halogens is 1. The summed E-state index contributed by atoms with van der Waals surface area (Å²) in [6, 6.07) is 5.03. The van der Waals surface area contributed by atoms with Crippen molar-refractivity contribution in [2.24, 2.45) is 0 Å². The average molecular weight is 222 g/mol. The first-order valence-corrected chi connectivity index (χ1v) is 5.35. The molecule has 0 atom stereocenters. The monoisotopic (exact) mass is 221 g/mol. The smallest absolute Gasteiger partial charge is 0.188 e. The molecule has 15 heavy (non-hydrogen) atoms. The molecule has 2 N–H and O–H groups in total. The number of nitrogens with two attached hydrogens (primary N) is 1. The van der Waals surface area contributed by atoms with Gasteiger partial charge in [0.1, 0.15) is 0 Å². The van der Waals surface area contributed by atoms with E-state index in [1.807, 2.05) is 6.08 Å². The minimum Gasteiger partial charge on any atom is -0.398 e. The van der Waals surface area contributed by atoms with Crippen LogP contribution in [0.1, 0.15) is 29.6 Å². The third-order valence-corrected chi connectivity index (χ3v) is 2.94. The standard InChI is InChI=1S/C12H12ClNO/c13-10-6-5-9(7-11(10)14)12(15)8-3-1-2-4-8/h3,5-7H,1-2,4,14H2. The van der Waals surface area contributed by atoms with Gasteiger partial charge in [-0.15, -0.1) is 0 Å². The molecule has 0 aliphatic heterocycles. The van der Waals surface area contributed by atoms with Crippen molar-refractivity contribution in [2.75, 3.05) is 5.73 Å². The zero-order valence-corrected chi connectivity index (χ0v) is 9.05. The van der Waals surface area contributed by atoms with Gasteiger partial charge in [-0.05, 0) is 43.0 Å². The molecule has 0 fully saturated rings. The van der Waals surface area contributed by atoms with E-state index in [4.69, 9.17) is 17.3 Å². The number of nitrogen functional groups attached to an aromatic ring is 1. The van der Waals surface area contributed by atoms with Gasteiger partial charge in [-0.3, -0.25) is 4.79 Å². The minimum absolute atomic E-state index is 0.0795. The Morgan fingerprint density at radius 2 is 2.20 bits per heavy atom. The van der Waals surface area contributed by atoms with E-state index in [9.17, 15) is 4.79 Å². The van der Waals surface area contributed by atoms with Gasteiger partial charge in [0.05, 0.1) is 10.7 Å². The van der Waals surface area contributed by atoms with Gasteiger partial charge in [-0.25, -0.2) is 0 Å². The molecule has 1 aromatic rings. The summed E-state index contributed by atoms with van der Waals surface area (Å²) in [7, 11) is 0. The molecule has 2 nitrogen and oxygen atoms in total. The molecule has 0 aromatic heterocycles. The van der Waals surface area contributed by atoms with Gasteiger partial charge in [0, 0.05) is 5.56 Å². The number of ketones is 1. The molecule has 0 unspecified atom stereocenters. The van der Waals surface area contributed by atoms with Crippen LogP contribution in [-0.4, -0.2) is 5.78 Å². The van der Waals surface area contributed by atoms with Crippen LogP contribution in [-0.2, 0) is 0 Å². The molecule has 0 spiro atoms. The van der Waals surface area contributed by atoms with E-state index in [1.54, 1.807) is 18.2 Å². The second kappa shape index (κ2) is 4.07. The number of carbonyl (C=O) groups is 1. The van der Waals surface area contributed by atoms with Gasteiger partial charge in [0.25, 0.3) is 0 Å². The largest absolute Gasteiger partial charge is 0.398 e. The lowest BCUT2D eigenvalue weighted by atomic mass is 10.0. The number of anilines is 1. The van der Waals surface area contributed by atoms with E-state index in [0.29, 0.717) is 16.3 Å². The maximum absolute atomic E-state index is 11.9. The van der Waals surface area contributed by atoms with Crippen LogP contribution in [0.15, 0.2) is 29.8 Å². The lowest BCUT2D eigenvalue weighted by Gasteiger charge is -2.03. The Morgan fingerprint density at radius 3 is 2.80 bits per heavy atom. The van der Waals surface area contributed by atoms with Crippen molar-refractivity contribution in [3.63, 3.8) is 0 Å². The van der Waals surface area contributed by atoms with Crippen LogP contribution in [0.3, 0.4) is 0 Å². The van der Waals surface area contributed by atoms with E-state index >= 15 is 0 Å². The van der Waals surface area contributed by atoms with Crippen LogP contribution in [0.2, 0.25) is 5.02 Å². The summed E-state index contributed by atoms with van der Waals surface area (Å²) in [6.07, 6.45) is 4.96. The highest BCUT2D eigenvalue weighted by molar-refractivity contribution is 6.33. The second-order valence-corrected chi connectivity index (χ2v) is 4.09. The Hall–Kier alpha value is -1.28. The Morgan fingerprint density at radius 1 is 1.40 bits per heavy atom. The molecule has 0 amide bonds. The molecule has 1 aliphatic rings. The minimum atomic E-state index is 0.0795. The third kappa shape index (κ3) is 2.05. The zero-order chi connectivity index (χ0) is 10.8. The number of allylic oxidation sites excluding steroid dienone is 2. The fourth-order valence-corrected chi connectivity index (χ4v) is 1.87. The number of carbonyl (C=O) groups excluding carboxylic acids is 1. The molecule has 78 valence electrons. The highest BCUT2D eigenvalue weighted by atomic mass is 35.5. The summed E-state index contributed by atoms with van der Waals surface area (Å²) in [4.78, 5) is 11.9. The van der Waals surface area contributed by atoms with Crippen LogP contribution in [0.4, 0.5) is 5.69 Å². The van der Waals surface area contributed by atoms with Crippen LogP contribution in [0.5, 0.6) is 0 Å². The van der Waals surface area contributed by atoms with E-state index in [-0.39, 0.29) is 5.78 Å². The van der Waals surface area contributed by atoms with Crippen LogP contribution in [0.25, 0.3) is 0 Å². The number of hydrogen-bond acceptors (Lipinski definition) is 2. The van der Waals surface area contributed by atoms with E-state index in [0.717, 1.165) is 24.8 Å². The molecule has 0 bridgehead atoms. The van der Waals surface area contributed by atoms with Crippen molar-refractivity contribution in [2.45, 2.75) is 19.3 Å². The highest BCUT2D eigenvalue weighted by Crippen LogP contribution is 2.25. The Bertz CT molecular complexity index is 437. The maximum atomic E-state index is 11.9. The van der Waals surface area contributed by atoms with Crippen LogP contribution >= 0.6 is 11.6 Å². The molecular weight excluding hydrogens is 210 g/mol. The summed E-state index contributed by atoms with van der Waals surface area (Å²) in [5, 5.41) is 0.493. The Kier molecular flexibility index (Phi) is 2.78. The van der Waals surface area contributed by atoms with Crippen LogP contribution in [0, 0.1) is 0 Å². The number of hydrogen-bond donors (Lipinski definition) is 1. The number of rotatable bonds is 2. The van der Waals surface area contributed by atoms with Gasteiger partial charge in [-0.2, -0.15) is 0 Å². The van der Waals surface area contributed by atoms with Gasteiger partial charge in [0.15, 0.2) is 5.78 Å². The van der Waals surface area contributed by atoms with Crippen molar-refractivity contribution in [3.8, 4) is 0 Å². The van der Waals surface area contributed by atoms with Crippen LogP contribution < -0.4 is 5.73 Å². The lowest BCUT2D eigenvalue weighted by molar-refractivity contribution is 0.103. The SMILES string of the molecule is Nc1cc(C(=O)C2=CCCC2)ccc1Cl. The molecule has 0 saturated heterocycles. The molecule has 2 rings (SSSR count). The summed E-state index contributed by atoms with van der Waals surface area (Å²) in [5.41, 5.74) is 7.64. The van der Waals surface area contributed by atoms with Gasteiger partial charge in [-0.1, -0.05) is 17.7 Å². The molecular formula is C12H12ClNO. The van der Waals surface area contributed by atoms with Crippen molar-refractivity contribution >= 4 is 23.1 Å². The topological polar surface area (TPSA) is 43.1 Å². The predicted molar refractivity (Wildman–Crippen MR) is 62.1 cm³/mol. The lowest BCUT2D eigenvalue weighted by Crippen LogP contribution is -2.02. The summed E-state index contributed by atoms with van der Waals surface area (Å²) in [5.74, 6) is 0.0795. The fraction of sp³-hybridized carbons (Fsp3) is 0.250. The predicted octanol–water partition coefficient (Wildman–Crippen LogP) is 3.22. The first-order chi connectivity index (χ1) is 7.18.